The minimum Gasteiger partial charge on any atom is -0.244 e. The van der Waals surface area contributed by atoms with Crippen molar-refractivity contribution in [1.29, 1.82) is 5.26 Å². The van der Waals surface area contributed by atoms with Gasteiger partial charge in [-0.1, -0.05) is 44.5 Å². The Labute approximate surface area is 122 Å². The van der Waals surface area contributed by atoms with Crippen molar-refractivity contribution in [3.63, 3.8) is 0 Å². The molecule has 0 radical (unpaired) electrons. The second kappa shape index (κ2) is 5.32. The molecular weight excluding hydrogens is 276 g/mol. The van der Waals surface area contributed by atoms with Crippen molar-refractivity contribution >= 4 is 22.9 Å². The maximum Gasteiger partial charge on any atom is 0.128 e. The van der Waals surface area contributed by atoms with E-state index in [0.29, 0.717) is 0 Å². The summed E-state index contributed by atoms with van der Waals surface area (Å²) in [6.07, 6.45) is 0.743. The molecule has 0 aliphatic carbocycles. The van der Waals surface area contributed by atoms with E-state index in [-0.39, 0.29) is 5.41 Å². The van der Waals surface area contributed by atoms with E-state index in [4.69, 9.17) is 11.6 Å². The van der Waals surface area contributed by atoms with Gasteiger partial charge in [0.05, 0.1) is 10.7 Å². The Morgan fingerprint density at radius 2 is 1.89 bits per heavy atom. The zero-order valence-electron chi connectivity index (χ0n) is 11.2. The molecule has 0 bridgehead atoms. The Kier molecular flexibility index (Phi) is 3.93. The molecule has 0 spiro atoms. The van der Waals surface area contributed by atoms with Gasteiger partial charge in [0, 0.05) is 16.9 Å². The maximum atomic E-state index is 9.20. The number of hydrogen-bond donors (Lipinski definition) is 0. The molecule has 0 aliphatic rings. The van der Waals surface area contributed by atoms with Gasteiger partial charge in [-0.3, -0.25) is 0 Å². The van der Waals surface area contributed by atoms with Crippen LogP contribution in [0, 0.1) is 11.3 Å². The van der Waals surface area contributed by atoms with Gasteiger partial charge in [0.2, 0.25) is 0 Å². The van der Waals surface area contributed by atoms with Gasteiger partial charge in [-0.2, -0.15) is 5.26 Å². The minimum absolute atomic E-state index is 0.0974. The van der Waals surface area contributed by atoms with E-state index in [2.05, 4.69) is 31.8 Å². The third-order valence-electron chi connectivity index (χ3n) is 2.75. The number of nitriles is 1. The second-order valence-electron chi connectivity index (χ2n) is 5.45. The second-order valence-corrected chi connectivity index (χ2v) is 6.97. The summed E-state index contributed by atoms with van der Waals surface area (Å²) >= 11 is 7.35. The quantitative estimate of drug-likeness (QED) is 0.813. The Balaban J connectivity index is 2.30. The van der Waals surface area contributed by atoms with Crippen LogP contribution in [0.5, 0.6) is 0 Å². The van der Waals surface area contributed by atoms with Crippen molar-refractivity contribution in [3.8, 4) is 6.07 Å². The van der Waals surface area contributed by atoms with Gasteiger partial charge in [-0.25, -0.2) is 4.98 Å². The molecule has 4 heteroatoms. The largest absolute Gasteiger partial charge is 0.244 e. The van der Waals surface area contributed by atoms with E-state index in [0.717, 1.165) is 32.6 Å². The predicted molar refractivity (Wildman–Crippen MR) is 79.8 cm³/mol. The monoisotopic (exact) mass is 290 g/mol. The van der Waals surface area contributed by atoms with Crippen LogP contribution < -0.4 is 0 Å². The van der Waals surface area contributed by atoms with Crippen molar-refractivity contribution < 1.29 is 0 Å². The molecule has 0 atom stereocenters. The lowest BCUT2D eigenvalue weighted by Gasteiger charge is -2.15. The number of thiazole rings is 1. The highest BCUT2D eigenvalue weighted by Crippen LogP contribution is 2.30. The number of benzene rings is 1. The molecule has 2 nitrogen and oxygen atoms in total. The highest BCUT2D eigenvalue weighted by molar-refractivity contribution is 7.12. The van der Waals surface area contributed by atoms with Crippen LogP contribution in [0.25, 0.3) is 0 Å². The summed E-state index contributed by atoms with van der Waals surface area (Å²) < 4.78 is 0. The molecule has 0 saturated heterocycles. The van der Waals surface area contributed by atoms with Gasteiger partial charge >= 0.3 is 0 Å². The van der Waals surface area contributed by atoms with Crippen LogP contribution in [0.2, 0.25) is 5.02 Å². The topological polar surface area (TPSA) is 36.7 Å². The molecule has 19 heavy (non-hydrogen) atoms. The molecule has 0 fully saturated rings. The van der Waals surface area contributed by atoms with E-state index in [1.54, 1.807) is 0 Å². The first kappa shape index (κ1) is 14.0. The SMILES string of the molecule is CC(C)(C)c1nc(Cc2ccc(Cl)cc2)sc1C#N. The average molecular weight is 291 g/mol. The van der Waals surface area contributed by atoms with E-state index >= 15 is 0 Å². The molecular formula is C15H15ClN2S. The van der Waals surface area contributed by atoms with Crippen molar-refractivity contribution in [2.75, 3.05) is 0 Å². The fourth-order valence-electron chi connectivity index (χ4n) is 1.80. The molecule has 1 aromatic carbocycles. The van der Waals surface area contributed by atoms with Crippen molar-refractivity contribution in [1.82, 2.24) is 4.98 Å². The summed E-state index contributed by atoms with van der Waals surface area (Å²) in [5.74, 6) is 0. The fourth-order valence-corrected chi connectivity index (χ4v) is 3.03. The maximum absolute atomic E-state index is 9.20. The molecule has 0 amide bonds. The van der Waals surface area contributed by atoms with Crippen LogP contribution in [0.3, 0.4) is 0 Å². The summed E-state index contributed by atoms with van der Waals surface area (Å²) in [7, 11) is 0. The third-order valence-corrected chi connectivity index (χ3v) is 3.96. The molecule has 0 aliphatic heterocycles. The molecule has 2 rings (SSSR count). The molecule has 0 N–H and O–H groups in total. The van der Waals surface area contributed by atoms with Crippen LogP contribution in [0.1, 0.15) is 41.9 Å². The van der Waals surface area contributed by atoms with Gasteiger partial charge in [-0.05, 0) is 17.7 Å². The Bertz CT molecular complexity index is 615. The summed E-state index contributed by atoms with van der Waals surface area (Å²) in [6, 6.07) is 9.99. The van der Waals surface area contributed by atoms with Crippen LogP contribution in [-0.2, 0) is 11.8 Å². The Morgan fingerprint density at radius 3 is 2.37 bits per heavy atom. The standard InChI is InChI=1S/C15H15ClN2S/c1-15(2,3)14-12(9-17)19-13(18-14)8-10-4-6-11(16)7-5-10/h4-7H,8H2,1-3H3. The van der Waals surface area contributed by atoms with E-state index in [9.17, 15) is 5.26 Å². The predicted octanol–water partition coefficient (Wildman–Crippen LogP) is 4.56. The third kappa shape index (κ3) is 3.34. The number of nitrogens with zero attached hydrogens (tertiary/aromatic N) is 2. The molecule has 0 saturated carbocycles. The van der Waals surface area contributed by atoms with Crippen LogP contribution in [0.4, 0.5) is 0 Å². The van der Waals surface area contributed by atoms with Gasteiger partial charge in [0.1, 0.15) is 10.9 Å². The Morgan fingerprint density at radius 1 is 1.26 bits per heavy atom. The lowest BCUT2D eigenvalue weighted by Crippen LogP contribution is -2.13. The van der Waals surface area contributed by atoms with Crippen LogP contribution >= 0.6 is 22.9 Å². The molecule has 1 aromatic heterocycles. The summed E-state index contributed by atoms with van der Waals surface area (Å²) in [5.41, 5.74) is 1.95. The highest BCUT2D eigenvalue weighted by atomic mass is 35.5. The number of halogens is 1. The van der Waals surface area contributed by atoms with Gasteiger partial charge in [-0.15, -0.1) is 11.3 Å². The summed E-state index contributed by atoms with van der Waals surface area (Å²) in [4.78, 5) is 5.35. The van der Waals surface area contributed by atoms with Crippen molar-refractivity contribution in [2.45, 2.75) is 32.6 Å². The van der Waals surface area contributed by atoms with Gasteiger partial charge in [0.25, 0.3) is 0 Å². The van der Waals surface area contributed by atoms with Gasteiger partial charge in [0.15, 0.2) is 0 Å². The molecule has 98 valence electrons. The van der Waals surface area contributed by atoms with Crippen molar-refractivity contribution in [2.24, 2.45) is 0 Å². The highest BCUT2D eigenvalue weighted by Gasteiger charge is 2.23. The lowest BCUT2D eigenvalue weighted by atomic mass is 9.91. The van der Waals surface area contributed by atoms with E-state index in [1.165, 1.54) is 11.3 Å². The van der Waals surface area contributed by atoms with Crippen molar-refractivity contribution in [3.05, 3.63) is 50.4 Å². The smallest absolute Gasteiger partial charge is 0.128 e. The first-order chi connectivity index (χ1) is 8.90. The van der Waals surface area contributed by atoms with Gasteiger partial charge < -0.3 is 0 Å². The molecule has 2 aromatic rings. The first-order valence-electron chi connectivity index (χ1n) is 6.05. The lowest BCUT2D eigenvalue weighted by molar-refractivity contribution is 0.570. The molecule has 0 unspecified atom stereocenters. The zero-order valence-corrected chi connectivity index (χ0v) is 12.8. The normalized spacial score (nSPS) is 11.3. The minimum atomic E-state index is -0.0974. The van der Waals surface area contributed by atoms with Crippen LogP contribution in [0.15, 0.2) is 24.3 Å². The fraction of sp³-hybridized carbons (Fsp3) is 0.333. The first-order valence-corrected chi connectivity index (χ1v) is 7.24. The zero-order chi connectivity index (χ0) is 14.0. The number of aromatic nitrogens is 1. The number of rotatable bonds is 2. The summed E-state index contributed by atoms with van der Waals surface area (Å²) in [6.45, 7) is 6.24. The average Bonchev–Trinajstić information content (AvgIpc) is 2.75. The Hall–Kier alpha value is -1.37. The molecule has 1 heterocycles. The summed E-state index contributed by atoms with van der Waals surface area (Å²) in [5, 5.41) is 10.9. The van der Waals surface area contributed by atoms with E-state index < -0.39 is 0 Å². The number of hydrogen-bond acceptors (Lipinski definition) is 3. The van der Waals surface area contributed by atoms with E-state index in [1.807, 2.05) is 24.3 Å². The van der Waals surface area contributed by atoms with Crippen LogP contribution in [-0.4, -0.2) is 4.98 Å².